The van der Waals surface area contributed by atoms with E-state index in [1.54, 1.807) is 0 Å². The topological polar surface area (TPSA) is 109 Å². The molecule has 0 aliphatic heterocycles. The van der Waals surface area contributed by atoms with E-state index in [1.807, 2.05) is 170 Å². The Labute approximate surface area is 399 Å². The largest absolute Gasteiger partial charge is 0.310 e. The lowest BCUT2D eigenvalue weighted by Crippen LogP contribution is -2.10. The normalized spacial score (nSPS) is 10.9. The zero-order valence-corrected chi connectivity index (χ0v) is 37.0. The van der Waals surface area contributed by atoms with E-state index in [9.17, 15) is 15.8 Å². The highest BCUT2D eigenvalue weighted by Crippen LogP contribution is 2.43. The van der Waals surface area contributed by atoms with Crippen molar-refractivity contribution < 1.29 is 0 Å². The average molecular weight is 883 g/mol. The lowest BCUT2D eigenvalue weighted by molar-refractivity contribution is 1.16. The quantitative estimate of drug-likeness (QED) is 0.135. The SMILES string of the molecule is N#Cc1ccc(N(c2ccc(C#N)cc2)c2ccc3c(c2)c2cc(N(c4ccccc4)c4ccccc4)ccc2n3-c2ccc(-c3cc(-c4ccccc4)nc(-c4ccccc4)n3)cc2C#N)cc1. The Morgan fingerprint density at radius 1 is 0.348 bits per heavy atom. The number of rotatable bonds is 10. The molecular weight excluding hydrogens is 845 g/mol. The Bertz CT molecular complexity index is 3640. The standard InChI is InChI=1S/C61H38N8/c62-39-42-21-26-50(27-22-42)68(51-28-23-43(40-63)24-29-51)53-31-34-60-55(37-53)54-36-52(67(48-17-9-3-10-18-48)49-19-11-4-12-20-49)30-33-59(54)69(60)58-32-25-46(35-47(58)41-64)57-38-56(44-13-5-1-6-14-44)65-61(66-57)45-15-7-2-8-16-45/h1-38H. The van der Waals surface area contributed by atoms with Gasteiger partial charge in [-0.15, -0.1) is 0 Å². The molecule has 0 unspecified atom stereocenters. The Morgan fingerprint density at radius 3 is 1.23 bits per heavy atom. The predicted octanol–water partition coefficient (Wildman–Crippen LogP) is 15.1. The molecule has 2 heterocycles. The number of nitriles is 3. The van der Waals surface area contributed by atoms with E-state index in [4.69, 9.17) is 9.97 Å². The van der Waals surface area contributed by atoms with Crippen LogP contribution >= 0.6 is 0 Å². The second-order valence-corrected chi connectivity index (χ2v) is 16.4. The molecule has 9 aromatic carbocycles. The van der Waals surface area contributed by atoms with Crippen molar-refractivity contribution >= 4 is 55.9 Å². The summed E-state index contributed by atoms with van der Waals surface area (Å²) in [7, 11) is 0. The van der Waals surface area contributed by atoms with E-state index in [0.29, 0.717) is 28.2 Å². The van der Waals surface area contributed by atoms with Crippen LogP contribution in [0.25, 0.3) is 61.4 Å². The first kappa shape index (κ1) is 41.6. The molecule has 11 aromatic rings. The second-order valence-electron chi connectivity index (χ2n) is 16.4. The van der Waals surface area contributed by atoms with Crippen LogP contribution in [0, 0.1) is 34.0 Å². The molecule has 0 saturated heterocycles. The van der Waals surface area contributed by atoms with Gasteiger partial charge in [0.15, 0.2) is 5.82 Å². The first-order valence-electron chi connectivity index (χ1n) is 22.4. The van der Waals surface area contributed by atoms with Gasteiger partial charge < -0.3 is 14.4 Å². The molecule has 0 bridgehead atoms. The highest BCUT2D eigenvalue weighted by molar-refractivity contribution is 6.12. The number of benzene rings is 9. The number of hydrogen-bond donors (Lipinski definition) is 0. The van der Waals surface area contributed by atoms with Gasteiger partial charge in [-0.05, 0) is 127 Å². The van der Waals surface area contributed by atoms with Gasteiger partial charge in [-0.2, -0.15) is 15.8 Å². The van der Waals surface area contributed by atoms with Gasteiger partial charge in [0.2, 0.25) is 0 Å². The summed E-state index contributed by atoms with van der Waals surface area (Å²) in [5, 5.41) is 32.3. The fraction of sp³-hybridized carbons (Fsp3) is 0. The van der Waals surface area contributed by atoms with Crippen LogP contribution < -0.4 is 9.80 Å². The Hall–Kier alpha value is -10.1. The third-order valence-corrected chi connectivity index (χ3v) is 12.3. The summed E-state index contributed by atoms with van der Waals surface area (Å²) in [6.07, 6.45) is 0. The summed E-state index contributed by atoms with van der Waals surface area (Å²) in [6.45, 7) is 0. The number of hydrogen-bond acceptors (Lipinski definition) is 7. The van der Waals surface area contributed by atoms with Crippen LogP contribution in [0.5, 0.6) is 0 Å². The number of nitrogens with zero attached hydrogens (tertiary/aromatic N) is 8. The summed E-state index contributed by atoms with van der Waals surface area (Å²) in [4.78, 5) is 14.4. The molecule has 0 fully saturated rings. The van der Waals surface area contributed by atoms with E-state index in [-0.39, 0.29) is 0 Å². The lowest BCUT2D eigenvalue weighted by atomic mass is 10.0. The molecule has 0 radical (unpaired) electrons. The van der Waals surface area contributed by atoms with Crippen LogP contribution in [-0.4, -0.2) is 14.5 Å². The molecule has 8 nitrogen and oxygen atoms in total. The molecule has 8 heteroatoms. The molecule has 0 aliphatic carbocycles. The number of anilines is 6. The summed E-state index contributed by atoms with van der Waals surface area (Å²) in [5.41, 5.74) is 13.8. The maximum absolute atomic E-state index is 11.1. The van der Waals surface area contributed by atoms with E-state index >= 15 is 0 Å². The van der Waals surface area contributed by atoms with Crippen molar-refractivity contribution in [1.82, 2.24) is 14.5 Å². The van der Waals surface area contributed by atoms with Crippen LogP contribution in [-0.2, 0) is 0 Å². The van der Waals surface area contributed by atoms with Crippen LogP contribution in [0.15, 0.2) is 231 Å². The van der Waals surface area contributed by atoms with E-state index in [1.165, 1.54) is 0 Å². The van der Waals surface area contributed by atoms with Gasteiger partial charge >= 0.3 is 0 Å². The van der Waals surface area contributed by atoms with E-state index in [2.05, 4.69) is 93.2 Å². The van der Waals surface area contributed by atoms with Crippen LogP contribution in [0.1, 0.15) is 16.7 Å². The van der Waals surface area contributed by atoms with Gasteiger partial charge in [-0.3, -0.25) is 0 Å². The smallest absolute Gasteiger partial charge is 0.160 e. The Balaban J connectivity index is 1.13. The lowest BCUT2D eigenvalue weighted by Gasteiger charge is -2.26. The molecule has 0 saturated carbocycles. The second kappa shape index (κ2) is 18.1. The first-order valence-corrected chi connectivity index (χ1v) is 22.4. The minimum Gasteiger partial charge on any atom is -0.310 e. The number of fused-ring (bicyclic) bond motifs is 3. The Morgan fingerprint density at radius 2 is 0.768 bits per heavy atom. The summed E-state index contributed by atoms with van der Waals surface area (Å²) >= 11 is 0. The van der Waals surface area contributed by atoms with Crippen LogP contribution in [0.4, 0.5) is 34.1 Å². The maximum Gasteiger partial charge on any atom is 0.160 e. The molecular formula is C61H38N8. The van der Waals surface area contributed by atoms with Crippen molar-refractivity contribution in [3.05, 3.63) is 247 Å². The van der Waals surface area contributed by atoms with Gasteiger partial charge in [0.25, 0.3) is 0 Å². The molecule has 0 aliphatic rings. The third-order valence-electron chi connectivity index (χ3n) is 12.3. The zero-order valence-electron chi connectivity index (χ0n) is 37.0. The van der Waals surface area contributed by atoms with Crippen molar-refractivity contribution in [1.29, 1.82) is 15.8 Å². The Kier molecular flexibility index (Phi) is 10.9. The molecule has 0 N–H and O–H groups in total. The highest BCUT2D eigenvalue weighted by atomic mass is 15.1. The average Bonchev–Trinajstić information content (AvgIpc) is 3.75. The fourth-order valence-corrected chi connectivity index (χ4v) is 9.00. The minimum atomic E-state index is 0.479. The molecule has 322 valence electrons. The predicted molar refractivity (Wildman–Crippen MR) is 276 cm³/mol. The van der Waals surface area contributed by atoms with Crippen molar-refractivity contribution in [3.63, 3.8) is 0 Å². The van der Waals surface area contributed by atoms with E-state index < -0.39 is 0 Å². The summed E-state index contributed by atoms with van der Waals surface area (Å²) in [5.74, 6) is 0.597. The van der Waals surface area contributed by atoms with Crippen molar-refractivity contribution in [2.75, 3.05) is 9.80 Å². The van der Waals surface area contributed by atoms with Crippen molar-refractivity contribution in [2.45, 2.75) is 0 Å². The van der Waals surface area contributed by atoms with Gasteiger partial charge in [0, 0.05) is 61.6 Å². The van der Waals surface area contributed by atoms with Crippen LogP contribution in [0.2, 0.25) is 0 Å². The maximum atomic E-state index is 11.1. The van der Waals surface area contributed by atoms with Gasteiger partial charge in [-0.1, -0.05) is 103 Å². The minimum absolute atomic E-state index is 0.479. The molecule has 0 atom stereocenters. The van der Waals surface area contributed by atoms with Crippen molar-refractivity contribution in [3.8, 4) is 57.8 Å². The zero-order chi connectivity index (χ0) is 46.7. The summed E-state index contributed by atoms with van der Waals surface area (Å²) in [6, 6.07) is 83.5. The fourth-order valence-electron chi connectivity index (χ4n) is 9.00. The first-order chi connectivity index (χ1) is 34.1. The van der Waals surface area contributed by atoms with Gasteiger partial charge in [0.1, 0.15) is 6.07 Å². The molecule has 0 amide bonds. The molecule has 0 spiro atoms. The molecule has 11 rings (SSSR count). The molecule has 69 heavy (non-hydrogen) atoms. The van der Waals surface area contributed by atoms with E-state index in [0.717, 1.165) is 84.0 Å². The monoisotopic (exact) mass is 882 g/mol. The van der Waals surface area contributed by atoms with Gasteiger partial charge in [-0.25, -0.2) is 9.97 Å². The number of para-hydroxylation sites is 2. The van der Waals surface area contributed by atoms with Crippen LogP contribution in [0.3, 0.4) is 0 Å². The van der Waals surface area contributed by atoms with Gasteiger partial charge in [0.05, 0.1) is 56.9 Å². The van der Waals surface area contributed by atoms with Crippen molar-refractivity contribution in [2.24, 2.45) is 0 Å². The highest BCUT2D eigenvalue weighted by Gasteiger charge is 2.22. The number of aromatic nitrogens is 3. The third kappa shape index (κ3) is 7.96. The molecule has 2 aromatic heterocycles. The summed E-state index contributed by atoms with van der Waals surface area (Å²) < 4.78 is 2.18.